The zero-order valence-corrected chi connectivity index (χ0v) is 34.3. The van der Waals surface area contributed by atoms with Gasteiger partial charge in [-0.25, -0.2) is 9.97 Å². The van der Waals surface area contributed by atoms with Crippen molar-refractivity contribution in [1.29, 1.82) is 0 Å². The smallest absolute Gasteiger partial charge is 0.110 e. The second-order valence-corrected chi connectivity index (χ2v) is 18.8. The highest BCUT2D eigenvalue weighted by Crippen LogP contribution is 2.51. The minimum absolute atomic E-state index is 0.942. The molecule has 6 rings (SSSR count). The minimum atomic E-state index is 0.942. The van der Waals surface area contributed by atoms with Crippen LogP contribution >= 0.6 is 65.9 Å². The predicted molar refractivity (Wildman–Crippen MR) is 224 cm³/mol. The van der Waals surface area contributed by atoms with E-state index in [0.29, 0.717) is 0 Å². The first kappa shape index (κ1) is 36.6. The third-order valence-corrected chi connectivity index (χ3v) is 14.1. The zero-order chi connectivity index (χ0) is 34.0. The van der Waals surface area contributed by atoms with Crippen LogP contribution in [0.15, 0.2) is 80.4 Å². The number of thiophene rings is 3. The third kappa shape index (κ3) is 9.20. The first-order chi connectivity index (χ1) is 24.1. The van der Waals surface area contributed by atoms with Crippen molar-refractivity contribution in [2.45, 2.75) is 104 Å². The summed E-state index contributed by atoms with van der Waals surface area (Å²) in [6.45, 7) is 4.58. The first-order valence-electron chi connectivity index (χ1n) is 18.1. The number of aryl methyl sites for hydroxylation is 2. The Kier molecular flexibility index (Phi) is 13.7. The number of fused-ring (bicyclic) bond motifs is 1. The fourth-order valence-corrected chi connectivity index (χ4v) is 11.5. The monoisotopic (exact) mass is 832 g/mol. The van der Waals surface area contributed by atoms with Crippen LogP contribution < -0.4 is 0 Å². The van der Waals surface area contributed by atoms with Crippen LogP contribution in [0.2, 0.25) is 0 Å². The maximum Gasteiger partial charge on any atom is 0.110 e. The molecule has 0 aliphatic carbocycles. The van der Waals surface area contributed by atoms with Crippen molar-refractivity contribution in [3.05, 3.63) is 91.5 Å². The van der Waals surface area contributed by atoms with Crippen molar-refractivity contribution in [1.82, 2.24) is 9.97 Å². The predicted octanol–water partition coefficient (Wildman–Crippen LogP) is 15.8. The van der Waals surface area contributed by atoms with Gasteiger partial charge < -0.3 is 0 Å². The summed E-state index contributed by atoms with van der Waals surface area (Å²) < 4.78 is 2.37. The van der Waals surface area contributed by atoms with Gasteiger partial charge in [-0.15, -0.1) is 34.0 Å². The number of rotatable bonds is 18. The lowest BCUT2D eigenvalue weighted by atomic mass is 10.0. The molecule has 0 aliphatic heterocycles. The zero-order valence-electron chi connectivity index (χ0n) is 28.7. The number of hydrogen-bond donors (Lipinski definition) is 0. The van der Waals surface area contributed by atoms with Gasteiger partial charge >= 0.3 is 0 Å². The van der Waals surface area contributed by atoms with Gasteiger partial charge in [0.1, 0.15) is 11.0 Å². The highest BCUT2D eigenvalue weighted by atomic mass is 79.9. The molecule has 2 aromatic carbocycles. The standard InChI is InChI=1S/C42H46Br2N2S3/c1-3-5-7-9-11-15-25-31-27-33(43)47-39(31)41-37-38(42(49-41)40-32(28-34(44)48-40)26-16-12-10-8-6-4-2)46-36(30-23-19-14-20-24-30)35(45-37)29-21-17-13-18-22-29/h13-14,17-24,27-28H,3-12,15-16,25-26H2,1-2H3. The Morgan fingerprint density at radius 2 is 0.857 bits per heavy atom. The summed E-state index contributed by atoms with van der Waals surface area (Å²) in [5.74, 6) is 0. The van der Waals surface area contributed by atoms with Gasteiger partial charge in [0.2, 0.25) is 0 Å². The van der Waals surface area contributed by atoms with E-state index in [9.17, 15) is 0 Å². The van der Waals surface area contributed by atoms with E-state index in [4.69, 9.17) is 9.97 Å². The maximum atomic E-state index is 5.60. The van der Waals surface area contributed by atoms with Crippen molar-refractivity contribution in [3.63, 3.8) is 0 Å². The number of unbranched alkanes of at least 4 members (excludes halogenated alkanes) is 10. The van der Waals surface area contributed by atoms with E-state index in [1.807, 2.05) is 34.0 Å². The second kappa shape index (κ2) is 18.4. The Morgan fingerprint density at radius 3 is 1.27 bits per heavy atom. The summed E-state index contributed by atoms with van der Waals surface area (Å²) in [4.78, 5) is 16.4. The van der Waals surface area contributed by atoms with E-state index in [1.54, 1.807) is 0 Å². The molecule has 0 aliphatic rings. The molecule has 2 nitrogen and oxygen atoms in total. The Bertz CT molecular complexity index is 1790. The van der Waals surface area contributed by atoms with Gasteiger partial charge in [0, 0.05) is 11.1 Å². The molecule has 7 heteroatoms. The molecule has 0 saturated carbocycles. The molecule has 0 saturated heterocycles. The Labute approximate surface area is 321 Å². The molecule has 0 fully saturated rings. The van der Waals surface area contributed by atoms with Gasteiger partial charge in [-0.05, 0) is 80.8 Å². The van der Waals surface area contributed by atoms with Gasteiger partial charge in [0.25, 0.3) is 0 Å². The minimum Gasteiger partial charge on any atom is -0.242 e. The topological polar surface area (TPSA) is 25.8 Å². The van der Waals surface area contributed by atoms with Crippen molar-refractivity contribution in [3.8, 4) is 42.0 Å². The van der Waals surface area contributed by atoms with Crippen LogP contribution in [0, 0.1) is 0 Å². The van der Waals surface area contributed by atoms with Gasteiger partial charge in [0.15, 0.2) is 0 Å². The molecular weight excluding hydrogens is 788 g/mol. The highest BCUT2D eigenvalue weighted by Gasteiger charge is 2.26. The van der Waals surface area contributed by atoms with E-state index in [1.165, 1.54) is 115 Å². The fourth-order valence-electron chi connectivity index (χ4n) is 6.59. The molecule has 0 unspecified atom stereocenters. The van der Waals surface area contributed by atoms with Crippen molar-refractivity contribution in [2.24, 2.45) is 0 Å². The van der Waals surface area contributed by atoms with Gasteiger partial charge in [-0.1, -0.05) is 139 Å². The number of nitrogens with zero attached hydrogens (tertiary/aromatic N) is 2. The van der Waals surface area contributed by atoms with Crippen LogP contribution in [-0.2, 0) is 12.8 Å². The number of halogens is 2. The molecular formula is C42H46Br2N2S3. The molecule has 256 valence electrons. The molecule has 0 spiro atoms. The summed E-state index contributed by atoms with van der Waals surface area (Å²) in [5, 5.41) is 0. The molecule has 4 aromatic heterocycles. The normalized spacial score (nSPS) is 11.6. The average molecular weight is 835 g/mol. The van der Waals surface area contributed by atoms with Crippen LogP contribution in [0.4, 0.5) is 0 Å². The van der Waals surface area contributed by atoms with Crippen molar-refractivity contribution >= 4 is 76.9 Å². The van der Waals surface area contributed by atoms with E-state index in [0.717, 1.165) is 46.4 Å². The van der Waals surface area contributed by atoms with E-state index < -0.39 is 0 Å². The van der Waals surface area contributed by atoms with Crippen molar-refractivity contribution < 1.29 is 0 Å². The van der Waals surface area contributed by atoms with E-state index in [-0.39, 0.29) is 0 Å². The molecule has 0 N–H and O–H groups in total. The third-order valence-electron chi connectivity index (χ3n) is 9.19. The summed E-state index contributed by atoms with van der Waals surface area (Å²) in [6, 6.07) is 25.9. The van der Waals surface area contributed by atoms with Crippen LogP contribution in [0.25, 0.3) is 53.1 Å². The molecule has 6 aromatic rings. The largest absolute Gasteiger partial charge is 0.242 e. The summed E-state index contributed by atoms with van der Waals surface area (Å²) >= 11 is 13.4. The summed E-state index contributed by atoms with van der Waals surface area (Å²) in [6.07, 6.45) is 17.8. The van der Waals surface area contributed by atoms with Crippen LogP contribution in [-0.4, -0.2) is 9.97 Å². The Balaban J connectivity index is 1.48. The highest BCUT2D eigenvalue weighted by molar-refractivity contribution is 9.11. The average Bonchev–Trinajstić information content (AvgIpc) is 3.81. The maximum absolute atomic E-state index is 5.60. The van der Waals surface area contributed by atoms with Crippen LogP contribution in [0.5, 0.6) is 0 Å². The van der Waals surface area contributed by atoms with Gasteiger partial charge in [-0.2, -0.15) is 0 Å². The number of hydrogen-bond acceptors (Lipinski definition) is 5. The first-order valence-corrected chi connectivity index (χ1v) is 22.1. The fraction of sp³-hybridized carbons (Fsp3) is 0.381. The SMILES string of the molecule is CCCCCCCCc1cc(Br)sc1-c1sc(-c2sc(Br)cc2CCCCCCCC)c2nc(-c3ccccc3)c(-c3ccccc3)nc12. The lowest BCUT2D eigenvalue weighted by Crippen LogP contribution is -1.95. The molecule has 0 atom stereocenters. The Morgan fingerprint density at radius 1 is 0.469 bits per heavy atom. The summed E-state index contributed by atoms with van der Waals surface area (Å²) in [5.41, 5.74) is 8.97. The second-order valence-electron chi connectivity index (χ2n) is 13.0. The van der Waals surface area contributed by atoms with Gasteiger partial charge in [0.05, 0.1) is 38.5 Å². The van der Waals surface area contributed by atoms with Crippen LogP contribution in [0.3, 0.4) is 0 Å². The molecule has 4 heterocycles. The van der Waals surface area contributed by atoms with Gasteiger partial charge in [-0.3, -0.25) is 0 Å². The Hall–Kier alpha value is -2.16. The molecule has 0 bridgehead atoms. The number of benzene rings is 2. The summed E-state index contributed by atoms with van der Waals surface area (Å²) in [7, 11) is 0. The lowest BCUT2D eigenvalue weighted by Gasteiger charge is -2.11. The molecule has 0 radical (unpaired) electrons. The lowest BCUT2D eigenvalue weighted by molar-refractivity contribution is 0.608. The van der Waals surface area contributed by atoms with E-state index >= 15 is 0 Å². The quantitative estimate of drug-likeness (QED) is 0.0806. The van der Waals surface area contributed by atoms with E-state index in [2.05, 4.69) is 119 Å². The van der Waals surface area contributed by atoms with Crippen LogP contribution in [0.1, 0.15) is 102 Å². The molecule has 49 heavy (non-hydrogen) atoms. The molecule has 0 amide bonds. The number of aromatic nitrogens is 2. The van der Waals surface area contributed by atoms with Crippen molar-refractivity contribution in [2.75, 3.05) is 0 Å².